The van der Waals surface area contributed by atoms with E-state index in [4.69, 9.17) is 9.84 Å². The highest BCUT2D eigenvalue weighted by molar-refractivity contribution is 5.94. The fourth-order valence-corrected chi connectivity index (χ4v) is 4.15. The van der Waals surface area contributed by atoms with E-state index < -0.39 is 35.4 Å². The third-order valence-electron chi connectivity index (χ3n) is 5.68. The van der Waals surface area contributed by atoms with Crippen LogP contribution >= 0.6 is 0 Å². The number of benzene rings is 3. The number of carboxylic acid groups (broad SMARTS) is 1. The fourth-order valence-electron chi connectivity index (χ4n) is 4.15. The highest BCUT2D eigenvalue weighted by Crippen LogP contribution is 2.44. The third-order valence-corrected chi connectivity index (χ3v) is 5.68. The third kappa shape index (κ3) is 4.91. The number of carbonyl (C=O) groups excluding carboxylic acids is 2. The Labute approximate surface area is 195 Å². The average molecular weight is 462 g/mol. The van der Waals surface area contributed by atoms with Crippen molar-refractivity contribution in [1.82, 2.24) is 5.32 Å². The molecule has 1 unspecified atom stereocenters. The van der Waals surface area contributed by atoms with Crippen LogP contribution in [0.25, 0.3) is 11.1 Å². The van der Waals surface area contributed by atoms with Crippen LogP contribution < -0.4 is 10.6 Å². The van der Waals surface area contributed by atoms with Gasteiger partial charge in [0.25, 0.3) is 0 Å². The average Bonchev–Trinajstić information content (AvgIpc) is 3.12. The summed E-state index contributed by atoms with van der Waals surface area (Å²) < 4.78 is 19.0. The smallest absolute Gasteiger partial charge is 0.407 e. The van der Waals surface area contributed by atoms with Gasteiger partial charge < -0.3 is 20.5 Å². The van der Waals surface area contributed by atoms with Gasteiger partial charge in [0.05, 0.1) is 5.56 Å². The molecule has 1 aliphatic rings. The highest BCUT2D eigenvalue weighted by Gasteiger charge is 2.29. The first kappa shape index (κ1) is 23.0. The van der Waals surface area contributed by atoms with Crippen LogP contribution in [0.4, 0.5) is 14.9 Å². The molecule has 174 valence electrons. The number of rotatable bonds is 7. The van der Waals surface area contributed by atoms with Gasteiger partial charge in [-0.3, -0.25) is 4.79 Å². The highest BCUT2D eigenvalue weighted by atomic mass is 19.1. The Morgan fingerprint density at radius 3 is 2.24 bits per heavy atom. The van der Waals surface area contributed by atoms with Crippen molar-refractivity contribution in [3.05, 3.63) is 89.2 Å². The van der Waals surface area contributed by atoms with Crippen molar-refractivity contribution in [2.75, 3.05) is 11.9 Å². The number of halogens is 1. The molecule has 1 aliphatic carbocycles. The van der Waals surface area contributed by atoms with Crippen LogP contribution in [0.2, 0.25) is 0 Å². The lowest BCUT2D eigenvalue weighted by Crippen LogP contribution is -2.36. The maximum atomic E-state index is 13.5. The number of amides is 2. The van der Waals surface area contributed by atoms with Gasteiger partial charge in [-0.1, -0.05) is 48.5 Å². The molecule has 0 radical (unpaired) electrons. The minimum absolute atomic E-state index is 0.0707. The molecule has 0 heterocycles. The zero-order valence-corrected chi connectivity index (χ0v) is 18.4. The summed E-state index contributed by atoms with van der Waals surface area (Å²) in [4.78, 5) is 35.7. The van der Waals surface area contributed by atoms with Crippen molar-refractivity contribution >= 4 is 23.7 Å². The number of aromatic carboxylic acids is 1. The normalized spacial score (nSPS) is 12.9. The zero-order chi connectivity index (χ0) is 24.2. The molecular formula is C26H23FN2O5. The van der Waals surface area contributed by atoms with Crippen LogP contribution in [0.15, 0.2) is 66.7 Å². The summed E-state index contributed by atoms with van der Waals surface area (Å²) in [6.45, 7) is 1.81. The Balaban J connectivity index is 1.30. The lowest BCUT2D eigenvalue weighted by atomic mass is 9.98. The summed E-state index contributed by atoms with van der Waals surface area (Å²) in [6, 6.07) is 18.8. The van der Waals surface area contributed by atoms with Crippen molar-refractivity contribution in [1.29, 1.82) is 0 Å². The minimum atomic E-state index is -1.43. The van der Waals surface area contributed by atoms with Crippen molar-refractivity contribution in [3.8, 4) is 11.1 Å². The molecule has 0 aliphatic heterocycles. The van der Waals surface area contributed by atoms with Crippen molar-refractivity contribution < 1.29 is 28.6 Å². The Morgan fingerprint density at radius 2 is 1.62 bits per heavy atom. The summed E-state index contributed by atoms with van der Waals surface area (Å²) in [6.07, 6.45) is -0.721. The van der Waals surface area contributed by atoms with Crippen LogP contribution in [-0.4, -0.2) is 35.7 Å². The van der Waals surface area contributed by atoms with Crippen LogP contribution in [0.3, 0.4) is 0 Å². The van der Waals surface area contributed by atoms with Crippen LogP contribution in [0.5, 0.6) is 0 Å². The van der Waals surface area contributed by atoms with Gasteiger partial charge in [-0.2, -0.15) is 0 Å². The van der Waals surface area contributed by atoms with Gasteiger partial charge in [0.15, 0.2) is 0 Å². The number of ether oxygens (including phenoxy) is 1. The lowest BCUT2D eigenvalue weighted by Gasteiger charge is -2.17. The maximum absolute atomic E-state index is 13.5. The van der Waals surface area contributed by atoms with Gasteiger partial charge in [-0.25, -0.2) is 14.0 Å². The van der Waals surface area contributed by atoms with Gasteiger partial charge in [-0.05, 0) is 47.4 Å². The predicted molar refractivity (Wildman–Crippen MR) is 124 cm³/mol. The molecule has 34 heavy (non-hydrogen) atoms. The quantitative estimate of drug-likeness (QED) is 0.469. The topological polar surface area (TPSA) is 105 Å². The largest absolute Gasteiger partial charge is 0.478 e. The van der Waals surface area contributed by atoms with Gasteiger partial charge in [0.2, 0.25) is 5.91 Å². The number of fused-ring (bicyclic) bond motifs is 3. The molecule has 8 heteroatoms. The molecule has 0 saturated carbocycles. The SMILES string of the molecule is CC(CC(=O)Nc1ccc(F)c(C(=O)O)c1)NC(=O)OCC1c2ccccc2-c2ccccc21. The number of anilines is 1. The second-order valence-electron chi connectivity index (χ2n) is 8.12. The summed E-state index contributed by atoms with van der Waals surface area (Å²) in [5.74, 6) is -2.86. The zero-order valence-electron chi connectivity index (χ0n) is 18.4. The van der Waals surface area contributed by atoms with Gasteiger partial charge >= 0.3 is 12.1 Å². The summed E-state index contributed by atoms with van der Waals surface area (Å²) in [5.41, 5.74) is 4.07. The van der Waals surface area contributed by atoms with E-state index in [0.717, 1.165) is 34.4 Å². The molecule has 0 saturated heterocycles. The number of nitrogens with one attached hydrogen (secondary N) is 2. The van der Waals surface area contributed by atoms with Crippen molar-refractivity contribution in [2.45, 2.75) is 25.3 Å². The second-order valence-corrected chi connectivity index (χ2v) is 8.12. The molecule has 7 nitrogen and oxygen atoms in total. The number of carbonyl (C=O) groups is 3. The van der Waals surface area contributed by atoms with Crippen LogP contribution in [-0.2, 0) is 9.53 Å². The Morgan fingerprint density at radius 1 is 1.00 bits per heavy atom. The van der Waals surface area contributed by atoms with E-state index in [1.807, 2.05) is 36.4 Å². The minimum Gasteiger partial charge on any atom is -0.478 e. The van der Waals surface area contributed by atoms with Crippen molar-refractivity contribution in [2.24, 2.45) is 0 Å². The van der Waals surface area contributed by atoms with Crippen LogP contribution in [0.1, 0.15) is 40.7 Å². The molecule has 4 rings (SSSR count). The first-order valence-electron chi connectivity index (χ1n) is 10.8. The van der Waals surface area contributed by atoms with E-state index in [0.29, 0.717) is 0 Å². The predicted octanol–water partition coefficient (Wildman–Crippen LogP) is 4.78. The Kier molecular flexibility index (Phi) is 6.58. The first-order valence-corrected chi connectivity index (χ1v) is 10.8. The number of hydrogen-bond donors (Lipinski definition) is 3. The molecule has 2 amide bonds. The summed E-state index contributed by atoms with van der Waals surface area (Å²) in [7, 11) is 0. The molecule has 0 spiro atoms. The molecule has 0 fully saturated rings. The standard InChI is InChI=1S/C26H23FN2O5/c1-15(12-24(30)29-16-10-11-23(27)21(13-16)25(31)32)28-26(33)34-14-22-19-8-4-2-6-17(19)18-7-3-5-9-20(18)22/h2-11,13,15,22H,12,14H2,1H3,(H,28,33)(H,29,30)(H,31,32). The van der Waals surface area contributed by atoms with Crippen molar-refractivity contribution in [3.63, 3.8) is 0 Å². The molecular weight excluding hydrogens is 439 g/mol. The fraction of sp³-hybridized carbons (Fsp3) is 0.192. The van der Waals surface area contributed by atoms with E-state index in [1.165, 1.54) is 6.07 Å². The van der Waals surface area contributed by atoms with E-state index in [1.54, 1.807) is 6.92 Å². The Hall–Kier alpha value is -4.20. The monoisotopic (exact) mass is 462 g/mol. The summed E-state index contributed by atoms with van der Waals surface area (Å²) >= 11 is 0. The lowest BCUT2D eigenvalue weighted by molar-refractivity contribution is -0.116. The number of carboxylic acids is 1. The molecule has 3 N–H and O–H groups in total. The molecule has 0 bridgehead atoms. The molecule has 1 atom stereocenters. The van der Waals surface area contributed by atoms with Crippen LogP contribution in [0, 0.1) is 5.82 Å². The molecule has 0 aromatic heterocycles. The van der Waals surface area contributed by atoms with E-state index in [9.17, 15) is 18.8 Å². The molecule has 3 aromatic rings. The van der Waals surface area contributed by atoms with Gasteiger partial charge in [-0.15, -0.1) is 0 Å². The first-order chi connectivity index (χ1) is 16.3. The van der Waals surface area contributed by atoms with Gasteiger partial charge in [0.1, 0.15) is 12.4 Å². The Bertz CT molecular complexity index is 1210. The molecule has 3 aromatic carbocycles. The van der Waals surface area contributed by atoms with Gasteiger partial charge in [0, 0.05) is 24.1 Å². The maximum Gasteiger partial charge on any atom is 0.407 e. The summed E-state index contributed by atoms with van der Waals surface area (Å²) in [5, 5.41) is 14.1. The second kappa shape index (κ2) is 9.74. The number of alkyl carbamates (subject to hydrolysis) is 1. The number of hydrogen-bond acceptors (Lipinski definition) is 4. The van der Waals surface area contributed by atoms with E-state index in [2.05, 4.69) is 22.8 Å². The van der Waals surface area contributed by atoms with E-state index >= 15 is 0 Å². The van der Waals surface area contributed by atoms with E-state index in [-0.39, 0.29) is 24.6 Å².